The largest absolute Gasteiger partial charge is 0.382 e. The number of rotatable bonds is 14. The zero-order valence-electron chi connectivity index (χ0n) is 16.9. The highest BCUT2D eigenvalue weighted by molar-refractivity contribution is 5.75. The van der Waals surface area contributed by atoms with Crippen molar-refractivity contribution in [1.29, 1.82) is 0 Å². The van der Waals surface area contributed by atoms with Crippen LogP contribution in [0.1, 0.15) is 95.8 Å². The summed E-state index contributed by atoms with van der Waals surface area (Å²) in [6.45, 7) is 9.23. The maximum Gasteiger partial charge on any atom is 0.150 e. The Balaban J connectivity index is 2.84. The summed E-state index contributed by atoms with van der Waals surface area (Å²) in [5, 5.41) is 3.82. The lowest BCUT2D eigenvalue weighted by molar-refractivity contribution is 0.112. The van der Waals surface area contributed by atoms with Crippen LogP contribution in [0.5, 0.6) is 0 Å². The number of anilines is 1. The molecule has 0 spiro atoms. The molecule has 0 aromatic heterocycles. The lowest BCUT2D eigenvalue weighted by Gasteiger charge is -2.31. The summed E-state index contributed by atoms with van der Waals surface area (Å²) in [7, 11) is 0. The highest BCUT2D eigenvalue weighted by Crippen LogP contribution is 2.28. The summed E-state index contributed by atoms with van der Waals surface area (Å²) in [5.41, 5.74) is 1.89. The molecule has 0 aliphatic rings. The number of carbonyl (C=O) groups excluding carboxylic acids is 1. The summed E-state index contributed by atoms with van der Waals surface area (Å²) in [6.07, 6.45) is 12.5. The van der Waals surface area contributed by atoms with Crippen molar-refractivity contribution in [3.8, 4) is 0 Å². The molecule has 3 atom stereocenters. The van der Waals surface area contributed by atoms with Gasteiger partial charge in [-0.1, -0.05) is 72.6 Å². The Kier molecular flexibility index (Phi) is 11.3. The molecule has 0 fully saturated rings. The van der Waals surface area contributed by atoms with Crippen LogP contribution in [-0.4, -0.2) is 12.3 Å². The molecule has 0 saturated heterocycles. The van der Waals surface area contributed by atoms with Gasteiger partial charge in [-0.05, 0) is 48.9 Å². The van der Waals surface area contributed by atoms with E-state index in [4.69, 9.17) is 0 Å². The van der Waals surface area contributed by atoms with E-state index in [1.165, 1.54) is 57.8 Å². The zero-order chi connectivity index (χ0) is 18.5. The van der Waals surface area contributed by atoms with E-state index in [1.807, 2.05) is 12.1 Å². The normalized spacial score (nSPS) is 14.7. The fourth-order valence-electron chi connectivity index (χ4n) is 3.74. The zero-order valence-corrected chi connectivity index (χ0v) is 16.9. The van der Waals surface area contributed by atoms with E-state index >= 15 is 0 Å². The van der Waals surface area contributed by atoms with Crippen molar-refractivity contribution >= 4 is 12.0 Å². The van der Waals surface area contributed by atoms with Crippen molar-refractivity contribution in [3.63, 3.8) is 0 Å². The number of aldehydes is 1. The summed E-state index contributed by atoms with van der Waals surface area (Å²) >= 11 is 0. The quantitative estimate of drug-likeness (QED) is 0.364. The van der Waals surface area contributed by atoms with Crippen LogP contribution < -0.4 is 5.32 Å². The SMILES string of the molecule is CCCCC(CC)CC(Nc1ccc(C=O)cc1)C(CC)CCCC. The van der Waals surface area contributed by atoms with Crippen molar-refractivity contribution in [2.75, 3.05) is 5.32 Å². The van der Waals surface area contributed by atoms with Gasteiger partial charge in [-0.25, -0.2) is 0 Å². The van der Waals surface area contributed by atoms with Gasteiger partial charge in [-0.3, -0.25) is 4.79 Å². The van der Waals surface area contributed by atoms with Gasteiger partial charge < -0.3 is 5.32 Å². The highest BCUT2D eigenvalue weighted by atomic mass is 16.1. The smallest absolute Gasteiger partial charge is 0.150 e. The molecule has 2 nitrogen and oxygen atoms in total. The predicted molar refractivity (Wildman–Crippen MR) is 110 cm³/mol. The van der Waals surface area contributed by atoms with Gasteiger partial charge in [0, 0.05) is 17.3 Å². The highest BCUT2D eigenvalue weighted by Gasteiger charge is 2.23. The molecule has 0 aliphatic heterocycles. The molecule has 142 valence electrons. The van der Waals surface area contributed by atoms with Gasteiger partial charge in [0.1, 0.15) is 6.29 Å². The molecular formula is C23H39NO. The van der Waals surface area contributed by atoms with E-state index in [0.29, 0.717) is 6.04 Å². The van der Waals surface area contributed by atoms with Crippen molar-refractivity contribution in [3.05, 3.63) is 29.8 Å². The topological polar surface area (TPSA) is 29.1 Å². The van der Waals surface area contributed by atoms with E-state index < -0.39 is 0 Å². The Labute approximate surface area is 155 Å². The van der Waals surface area contributed by atoms with Crippen molar-refractivity contribution in [2.45, 2.75) is 91.5 Å². The van der Waals surface area contributed by atoms with Gasteiger partial charge in [-0.2, -0.15) is 0 Å². The minimum absolute atomic E-state index is 0.528. The van der Waals surface area contributed by atoms with Crippen LogP contribution in [0, 0.1) is 11.8 Å². The van der Waals surface area contributed by atoms with Gasteiger partial charge in [0.15, 0.2) is 0 Å². The molecule has 0 aliphatic carbocycles. The molecule has 0 bridgehead atoms. The molecule has 25 heavy (non-hydrogen) atoms. The van der Waals surface area contributed by atoms with Crippen LogP contribution in [-0.2, 0) is 0 Å². The fraction of sp³-hybridized carbons (Fsp3) is 0.696. The van der Waals surface area contributed by atoms with E-state index in [1.54, 1.807) is 0 Å². The summed E-state index contributed by atoms with van der Waals surface area (Å²) < 4.78 is 0. The maximum atomic E-state index is 10.9. The monoisotopic (exact) mass is 345 g/mol. The van der Waals surface area contributed by atoms with Crippen LogP contribution in [0.25, 0.3) is 0 Å². The maximum absolute atomic E-state index is 10.9. The van der Waals surface area contributed by atoms with E-state index in [0.717, 1.165) is 29.4 Å². The van der Waals surface area contributed by atoms with Crippen molar-refractivity contribution in [1.82, 2.24) is 0 Å². The number of unbranched alkanes of at least 4 members (excludes halogenated alkanes) is 2. The van der Waals surface area contributed by atoms with Gasteiger partial charge >= 0.3 is 0 Å². The van der Waals surface area contributed by atoms with Crippen molar-refractivity contribution in [2.24, 2.45) is 11.8 Å². The summed E-state index contributed by atoms with van der Waals surface area (Å²) in [5.74, 6) is 1.53. The minimum Gasteiger partial charge on any atom is -0.382 e. The van der Waals surface area contributed by atoms with Gasteiger partial charge in [-0.15, -0.1) is 0 Å². The van der Waals surface area contributed by atoms with Gasteiger partial charge in [0.2, 0.25) is 0 Å². The summed E-state index contributed by atoms with van der Waals surface area (Å²) in [6, 6.07) is 8.45. The van der Waals surface area contributed by atoms with Gasteiger partial charge in [0.25, 0.3) is 0 Å². The first kappa shape index (κ1) is 21.7. The first-order valence-corrected chi connectivity index (χ1v) is 10.5. The first-order valence-electron chi connectivity index (χ1n) is 10.5. The molecule has 1 N–H and O–H groups in total. The summed E-state index contributed by atoms with van der Waals surface area (Å²) in [4.78, 5) is 10.9. The van der Waals surface area contributed by atoms with E-state index in [-0.39, 0.29) is 0 Å². The Morgan fingerprint density at radius 3 is 2.08 bits per heavy atom. The third kappa shape index (κ3) is 8.07. The molecule has 0 radical (unpaired) electrons. The molecule has 0 heterocycles. The van der Waals surface area contributed by atoms with E-state index in [2.05, 4.69) is 45.1 Å². The predicted octanol–water partition coefficient (Wildman–Crippen LogP) is 7.10. The standard InChI is InChI=1S/C23H39NO/c1-5-9-11-19(7-3)17-23(21(8-4)12-10-6-2)24-22-15-13-20(18-25)14-16-22/h13-16,18-19,21,23-24H,5-12,17H2,1-4H3. The fourth-order valence-corrected chi connectivity index (χ4v) is 3.74. The number of hydrogen-bond donors (Lipinski definition) is 1. The molecule has 2 heteroatoms. The van der Waals surface area contributed by atoms with Gasteiger partial charge in [0.05, 0.1) is 0 Å². The average Bonchev–Trinajstić information content (AvgIpc) is 2.65. The molecular weight excluding hydrogens is 306 g/mol. The minimum atomic E-state index is 0.528. The Morgan fingerprint density at radius 2 is 1.56 bits per heavy atom. The lowest BCUT2D eigenvalue weighted by Crippen LogP contribution is -2.31. The van der Waals surface area contributed by atoms with Crippen LogP contribution >= 0.6 is 0 Å². The van der Waals surface area contributed by atoms with Crippen LogP contribution in [0.3, 0.4) is 0 Å². The third-order valence-corrected chi connectivity index (χ3v) is 5.55. The van der Waals surface area contributed by atoms with E-state index in [9.17, 15) is 4.79 Å². The molecule has 3 unspecified atom stereocenters. The number of carbonyl (C=O) groups is 1. The molecule has 1 aromatic rings. The van der Waals surface area contributed by atoms with Crippen molar-refractivity contribution < 1.29 is 4.79 Å². The molecule has 0 amide bonds. The Morgan fingerprint density at radius 1 is 0.920 bits per heavy atom. The van der Waals surface area contributed by atoms with Crippen LogP contribution in [0.2, 0.25) is 0 Å². The average molecular weight is 346 g/mol. The first-order chi connectivity index (χ1) is 12.2. The Bertz CT molecular complexity index is 454. The molecule has 0 saturated carbocycles. The number of nitrogens with one attached hydrogen (secondary N) is 1. The third-order valence-electron chi connectivity index (χ3n) is 5.55. The second-order valence-electron chi connectivity index (χ2n) is 7.45. The van der Waals surface area contributed by atoms with Crippen LogP contribution in [0.4, 0.5) is 5.69 Å². The molecule has 1 aromatic carbocycles. The molecule has 1 rings (SSSR count). The van der Waals surface area contributed by atoms with Crippen LogP contribution in [0.15, 0.2) is 24.3 Å². The second-order valence-corrected chi connectivity index (χ2v) is 7.45. The Hall–Kier alpha value is -1.31. The number of benzene rings is 1. The number of hydrogen-bond acceptors (Lipinski definition) is 2. The lowest BCUT2D eigenvalue weighted by atomic mass is 9.83. The second kappa shape index (κ2) is 13.0.